The molecule has 108 valence electrons. The van der Waals surface area contributed by atoms with Gasteiger partial charge in [-0.25, -0.2) is 8.42 Å². The van der Waals surface area contributed by atoms with Crippen LogP contribution in [0.3, 0.4) is 0 Å². The number of rotatable bonds is 4. The van der Waals surface area contributed by atoms with Crippen molar-refractivity contribution in [3.8, 4) is 0 Å². The third-order valence-corrected chi connectivity index (χ3v) is 6.43. The summed E-state index contributed by atoms with van der Waals surface area (Å²) in [5.41, 5.74) is 5.02. The van der Waals surface area contributed by atoms with Crippen LogP contribution in [0.25, 0.3) is 0 Å². The van der Waals surface area contributed by atoms with Gasteiger partial charge in [-0.3, -0.25) is 0 Å². The third-order valence-electron chi connectivity index (χ3n) is 2.89. The highest BCUT2D eigenvalue weighted by molar-refractivity contribution is 9.11. The van der Waals surface area contributed by atoms with Crippen molar-refractivity contribution in [2.45, 2.75) is 24.3 Å². The molecule has 0 unspecified atom stereocenters. The van der Waals surface area contributed by atoms with E-state index in [0.29, 0.717) is 8.95 Å². The third kappa shape index (κ3) is 3.30. The van der Waals surface area contributed by atoms with E-state index in [9.17, 15) is 13.5 Å². The van der Waals surface area contributed by atoms with Crippen LogP contribution < -0.4 is 5.73 Å². The molecule has 1 rings (SSSR count). The van der Waals surface area contributed by atoms with Gasteiger partial charge in [-0.1, -0.05) is 15.9 Å². The smallest absolute Gasteiger partial charge is 0.246 e. The minimum Gasteiger partial charge on any atom is -0.398 e. The monoisotopic (exact) mass is 414 g/mol. The Kier molecular flexibility index (Phi) is 5.06. The average Bonchev–Trinajstić information content (AvgIpc) is 2.26. The van der Waals surface area contributed by atoms with Gasteiger partial charge in [0.15, 0.2) is 0 Å². The van der Waals surface area contributed by atoms with E-state index in [0.717, 1.165) is 4.31 Å². The zero-order chi connectivity index (χ0) is 15.0. The molecular formula is C11H16Br2N2O3S. The Hall–Kier alpha value is -0.150. The molecule has 5 nitrogen and oxygen atoms in total. The maximum absolute atomic E-state index is 12.6. The lowest BCUT2D eigenvalue weighted by Gasteiger charge is -2.33. The molecule has 0 spiro atoms. The molecule has 0 radical (unpaired) electrons. The number of hydrogen-bond donors (Lipinski definition) is 2. The van der Waals surface area contributed by atoms with Crippen LogP contribution in [0.4, 0.5) is 5.69 Å². The number of hydrogen-bond acceptors (Lipinski definition) is 4. The molecule has 1 aromatic rings. The van der Waals surface area contributed by atoms with Crippen molar-refractivity contribution in [1.82, 2.24) is 4.31 Å². The molecule has 0 aliphatic heterocycles. The lowest BCUT2D eigenvalue weighted by Crippen LogP contribution is -2.47. The summed E-state index contributed by atoms with van der Waals surface area (Å²) in [5.74, 6) is 0. The molecule has 0 atom stereocenters. The minimum atomic E-state index is -3.81. The summed E-state index contributed by atoms with van der Waals surface area (Å²) in [6, 6.07) is 3.14. The zero-order valence-corrected chi connectivity index (χ0v) is 14.8. The molecule has 0 fully saturated rings. The molecular weight excluding hydrogens is 400 g/mol. The number of aliphatic hydroxyl groups is 1. The second-order valence-corrected chi connectivity index (χ2v) is 8.43. The highest BCUT2D eigenvalue weighted by atomic mass is 79.9. The molecule has 0 saturated carbocycles. The van der Waals surface area contributed by atoms with E-state index in [1.165, 1.54) is 13.1 Å². The normalized spacial score (nSPS) is 13.0. The first-order valence-corrected chi connectivity index (χ1v) is 8.41. The molecule has 8 heteroatoms. The molecule has 0 saturated heterocycles. The van der Waals surface area contributed by atoms with Crippen molar-refractivity contribution in [3.05, 3.63) is 21.1 Å². The number of halogens is 2. The fraction of sp³-hybridized carbons (Fsp3) is 0.455. The largest absolute Gasteiger partial charge is 0.398 e. The van der Waals surface area contributed by atoms with Gasteiger partial charge in [-0.15, -0.1) is 0 Å². The number of nitrogens with zero attached hydrogens (tertiary/aromatic N) is 1. The number of likely N-dealkylation sites (N-methyl/N-ethyl adjacent to an activating group) is 1. The average molecular weight is 416 g/mol. The summed E-state index contributed by atoms with van der Waals surface area (Å²) in [4.78, 5) is -0.000255. The second-order valence-electron chi connectivity index (χ2n) is 4.75. The Bertz CT molecular complexity index is 565. The van der Waals surface area contributed by atoms with Crippen molar-refractivity contribution < 1.29 is 13.5 Å². The van der Waals surface area contributed by atoms with E-state index in [4.69, 9.17) is 5.73 Å². The van der Waals surface area contributed by atoms with Gasteiger partial charge in [0.25, 0.3) is 0 Å². The predicted molar refractivity (Wildman–Crippen MR) is 82.4 cm³/mol. The van der Waals surface area contributed by atoms with Crippen molar-refractivity contribution in [2.75, 3.05) is 19.4 Å². The summed E-state index contributed by atoms with van der Waals surface area (Å²) in [6.45, 7) is 2.97. The summed E-state index contributed by atoms with van der Waals surface area (Å²) >= 11 is 6.46. The summed E-state index contributed by atoms with van der Waals surface area (Å²) < 4.78 is 27.3. The van der Waals surface area contributed by atoms with E-state index < -0.39 is 15.6 Å². The molecule has 3 N–H and O–H groups in total. The van der Waals surface area contributed by atoms with Crippen molar-refractivity contribution in [1.29, 1.82) is 0 Å². The number of anilines is 1. The van der Waals surface area contributed by atoms with Gasteiger partial charge < -0.3 is 10.8 Å². The Morgan fingerprint density at radius 2 is 1.89 bits per heavy atom. The minimum absolute atomic E-state index is 0.000255. The lowest BCUT2D eigenvalue weighted by atomic mass is 10.1. The fourth-order valence-electron chi connectivity index (χ4n) is 1.41. The summed E-state index contributed by atoms with van der Waals surface area (Å²) in [6.07, 6.45) is 0. The molecule has 0 bridgehead atoms. The van der Waals surface area contributed by atoms with E-state index in [-0.39, 0.29) is 17.2 Å². The van der Waals surface area contributed by atoms with Crippen molar-refractivity contribution in [2.24, 2.45) is 0 Å². The topological polar surface area (TPSA) is 83.6 Å². The number of sulfonamides is 1. The van der Waals surface area contributed by atoms with E-state index in [1.54, 1.807) is 19.9 Å². The van der Waals surface area contributed by atoms with Crippen LogP contribution in [-0.4, -0.2) is 37.0 Å². The number of benzene rings is 1. The van der Waals surface area contributed by atoms with Crippen LogP contribution in [0.5, 0.6) is 0 Å². The SMILES string of the molecule is CN(C(C)(C)CO)S(=O)(=O)c1c(N)cc(Br)cc1Br. The van der Waals surface area contributed by atoms with Gasteiger partial charge in [-0.05, 0) is 41.9 Å². The van der Waals surface area contributed by atoms with Gasteiger partial charge in [-0.2, -0.15) is 4.31 Å². The first-order valence-electron chi connectivity index (χ1n) is 5.38. The molecule has 0 heterocycles. The van der Waals surface area contributed by atoms with Crippen LogP contribution in [-0.2, 0) is 10.0 Å². The Labute approximate surface area is 130 Å². The van der Waals surface area contributed by atoms with Gasteiger partial charge in [0.2, 0.25) is 10.0 Å². The summed E-state index contributed by atoms with van der Waals surface area (Å²) in [7, 11) is -2.39. The van der Waals surface area contributed by atoms with E-state index in [1.807, 2.05) is 0 Å². The first kappa shape index (κ1) is 16.9. The highest BCUT2D eigenvalue weighted by Crippen LogP contribution is 2.35. The van der Waals surface area contributed by atoms with Crippen molar-refractivity contribution in [3.63, 3.8) is 0 Å². The quantitative estimate of drug-likeness (QED) is 0.738. The number of aliphatic hydroxyl groups excluding tert-OH is 1. The van der Waals surface area contributed by atoms with Crippen LogP contribution in [0.15, 0.2) is 26.0 Å². The highest BCUT2D eigenvalue weighted by Gasteiger charge is 2.35. The maximum atomic E-state index is 12.6. The molecule has 0 aliphatic rings. The number of nitrogen functional groups attached to an aromatic ring is 1. The van der Waals surface area contributed by atoms with Gasteiger partial charge >= 0.3 is 0 Å². The van der Waals surface area contributed by atoms with Gasteiger partial charge in [0, 0.05) is 16.0 Å². The van der Waals surface area contributed by atoms with Crippen LogP contribution >= 0.6 is 31.9 Å². The van der Waals surface area contributed by atoms with E-state index in [2.05, 4.69) is 31.9 Å². The van der Waals surface area contributed by atoms with E-state index >= 15 is 0 Å². The van der Waals surface area contributed by atoms with Crippen LogP contribution in [0, 0.1) is 0 Å². The van der Waals surface area contributed by atoms with Crippen LogP contribution in [0.2, 0.25) is 0 Å². The number of nitrogens with two attached hydrogens (primary N) is 1. The molecule has 1 aromatic carbocycles. The lowest BCUT2D eigenvalue weighted by molar-refractivity contribution is 0.138. The fourth-order valence-corrected chi connectivity index (χ4v) is 4.93. The Morgan fingerprint density at radius 3 is 2.32 bits per heavy atom. The maximum Gasteiger partial charge on any atom is 0.246 e. The molecule has 0 amide bonds. The zero-order valence-electron chi connectivity index (χ0n) is 10.8. The molecule has 0 aromatic heterocycles. The summed E-state index contributed by atoms with van der Waals surface area (Å²) in [5, 5.41) is 9.30. The van der Waals surface area contributed by atoms with Gasteiger partial charge in [0.05, 0.1) is 17.8 Å². The molecule has 19 heavy (non-hydrogen) atoms. The Morgan fingerprint density at radius 1 is 1.37 bits per heavy atom. The standard InChI is InChI=1S/C11H16Br2N2O3S/c1-11(2,6-16)15(3)19(17,18)10-8(13)4-7(12)5-9(10)14/h4-5,16H,6,14H2,1-3H3. The van der Waals surface area contributed by atoms with Gasteiger partial charge in [0.1, 0.15) is 4.90 Å². The predicted octanol–water partition coefficient (Wildman–Crippen LogP) is 2.19. The molecule has 0 aliphatic carbocycles. The Balaban J connectivity index is 3.45. The van der Waals surface area contributed by atoms with Crippen LogP contribution in [0.1, 0.15) is 13.8 Å². The van der Waals surface area contributed by atoms with Crippen molar-refractivity contribution >= 4 is 47.6 Å². The first-order chi connectivity index (χ1) is 8.54. The second kappa shape index (κ2) is 5.69.